The van der Waals surface area contributed by atoms with Crippen LogP contribution >= 0.6 is 0 Å². The van der Waals surface area contributed by atoms with Crippen molar-refractivity contribution in [3.63, 3.8) is 0 Å². The molecule has 1 unspecified atom stereocenters. The molecule has 1 aromatic carbocycles. The Morgan fingerprint density at radius 1 is 1.17 bits per heavy atom. The summed E-state index contributed by atoms with van der Waals surface area (Å²) in [5.74, 6) is -3.94. The number of fused-ring (bicyclic) bond motifs is 1. The van der Waals surface area contributed by atoms with Gasteiger partial charge in [-0.2, -0.15) is 0 Å². The molecule has 1 amide bonds. The van der Waals surface area contributed by atoms with Crippen LogP contribution in [0.1, 0.15) is 30.9 Å². The van der Waals surface area contributed by atoms with Crippen molar-refractivity contribution in [3.05, 3.63) is 35.4 Å². The van der Waals surface area contributed by atoms with Gasteiger partial charge in [0.25, 0.3) is 0 Å². The molecule has 0 aromatic heterocycles. The molecule has 1 atom stereocenters. The Labute approximate surface area is 135 Å². The van der Waals surface area contributed by atoms with Crippen molar-refractivity contribution < 1.29 is 23.9 Å². The number of nitrogens with zero attached hydrogens (tertiary/aromatic N) is 1. The van der Waals surface area contributed by atoms with Crippen LogP contribution in [0.4, 0.5) is 0 Å². The van der Waals surface area contributed by atoms with Crippen LogP contribution in [-0.2, 0) is 30.4 Å². The van der Waals surface area contributed by atoms with E-state index >= 15 is 0 Å². The maximum Gasteiger partial charge on any atom is 0.321 e. The van der Waals surface area contributed by atoms with E-state index in [1.54, 1.807) is 33.0 Å². The normalized spacial score (nSPS) is 17.0. The lowest BCUT2D eigenvalue weighted by atomic mass is 9.80. The summed E-state index contributed by atoms with van der Waals surface area (Å²) in [6.45, 7) is 4.02. The van der Waals surface area contributed by atoms with Crippen molar-refractivity contribution in [1.29, 1.82) is 0 Å². The van der Waals surface area contributed by atoms with Crippen molar-refractivity contribution in [1.82, 2.24) is 4.90 Å². The van der Waals surface area contributed by atoms with Crippen molar-refractivity contribution >= 4 is 17.8 Å². The van der Waals surface area contributed by atoms with Gasteiger partial charge in [0.15, 0.2) is 5.92 Å². The Bertz CT molecular complexity index is 595. The molecule has 0 bridgehead atoms. The molecule has 23 heavy (non-hydrogen) atoms. The smallest absolute Gasteiger partial charge is 0.321 e. The summed E-state index contributed by atoms with van der Waals surface area (Å²) in [7, 11) is 1.65. The molecule has 0 saturated carbocycles. The second-order valence-electron chi connectivity index (χ2n) is 5.35. The number of ether oxygens (including phenoxy) is 2. The maximum absolute atomic E-state index is 12.7. The lowest BCUT2D eigenvalue weighted by molar-refractivity contribution is -0.165. The Morgan fingerprint density at radius 3 is 2.30 bits per heavy atom. The molecule has 0 N–H and O–H groups in total. The maximum atomic E-state index is 12.7. The van der Waals surface area contributed by atoms with Gasteiger partial charge in [0.1, 0.15) is 0 Å². The molecule has 0 aliphatic carbocycles. The van der Waals surface area contributed by atoms with Gasteiger partial charge in [-0.05, 0) is 25.0 Å². The van der Waals surface area contributed by atoms with Crippen molar-refractivity contribution in [3.8, 4) is 0 Å². The van der Waals surface area contributed by atoms with Crippen LogP contribution in [0.5, 0.6) is 0 Å². The minimum Gasteiger partial charge on any atom is -0.465 e. The number of rotatable bonds is 5. The molecule has 1 heterocycles. The zero-order valence-electron chi connectivity index (χ0n) is 13.6. The first-order chi connectivity index (χ1) is 11.0. The Hall–Kier alpha value is -2.37. The minimum absolute atomic E-state index is 0.132. The summed E-state index contributed by atoms with van der Waals surface area (Å²) < 4.78 is 10.0. The SMILES string of the molecule is CCOC(=O)C(C(=O)OCC)C1C(=O)N(C)Cc2ccccc21. The van der Waals surface area contributed by atoms with E-state index in [1.165, 1.54) is 4.90 Å². The van der Waals surface area contributed by atoms with Crippen LogP contribution in [0.2, 0.25) is 0 Å². The number of hydrogen-bond donors (Lipinski definition) is 0. The van der Waals surface area contributed by atoms with E-state index < -0.39 is 23.8 Å². The molecule has 1 aliphatic rings. The fourth-order valence-corrected chi connectivity index (χ4v) is 2.84. The topological polar surface area (TPSA) is 72.9 Å². The van der Waals surface area contributed by atoms with E-state index in [0.29, 0.717) is 12.1 Å². The number of esters is 2. The Morgan fingerprint density at radius 2 is 1.74 bits per heavy atom. The van der Waals surface area contributed by atoms with Crippen LogP contribution in [0.25, 0.3) is 0 Å². The summed E-state index contributed by atoms with van der Waals surface area (Å²) in [5.41, 5.74) is 1.60. The number of carbonyl (C=O) groups is 3. The predicted octanol–water partition coefficient (Wildman–Crippen LogP) is 1.48. The van der Waals surface area contributed by atoms with Crippen molar-refractivity contribution in [2.24, 2.45) is 5.92 Å². The molecule has 0 radical (unpaired) electrons. The zero-order valence-corrected chi connectivity index (χ0v) is 13.6. The van der Waals surface area contributed by atoms with Crippen LogP contribution in [-0.4, -0.2) is 43.0 Å². The molecule has 124 valence electrons. The van der Waals surface area contributed by atoms with Gasteiger partial charge in [-0.15, -0.1) is 0 Å². The molecule has 2 rings (SSSR count). The molecular formula is C17H21NO5. The highest BCUT2D eigenvalue weighted by molar-refractivity contribution is 6.03. The van der Waals surface area contributed by atoms with Gasteiger partial charge in [0.2, 0.25) is 5.91 Å². The first-order valence-corrected chi connectivity index (χ1v) is 7.67. The first-order valence-electron chi connectivity index (χ1n) is 7.67. The predicted molar refractivity (Wildman–Crippen MR) is 82.4 cm³/mol. The van der Waals surface area contributed by atoms with Gasteiger partial charge in [-0.1, -0.05) is 24.3 Å². The van der Waals surface area contributed by atoms with Gasteiger partial charge in [0.05, 0.1) is 19.1 Å². The fraction of sp³-hybridized carbons (Fsp3) is 0.471. The first kappa shape index (κ1) is 17.0. The van der Waals surface area contributed by atoms with Crippen LogP contribution in [0, 0.1) is 5.92 Å². The average Bonchev–Trinajstić information content (AvgIpc) is 2.52. The van der Waals surface area contributed by atoms with E-state index in [9.17, 15) is 14.4 Å². The molecule has 0 fully saturated rings. The molecule has 1 aromatic rings. The molecule has 1 aliphatic heterocycles. The van der Waals surface area contributed by atoms with E-state index in [1.807, 2.05) is 12.1 Å². The monoisotopic (exact) mass is 319 g/mol. The van der Waals surface area contributed by atoms with Gasteiger partial charge in [0, 0.05) is 13.6 Å². The summed E-state index contributed by atoms with van der Waals surface area (Å²) in [6.07, 6.45) is 0. The second kappa shape index (κ2) is 7.26. The minimum atomic E-state index is -1.29. The lowest BCUT2D eigenvalue weighted by Crippen LogP contribution is -2.45. The molecular weight excluding hydrogens is 298 g/mol. The summed E-state index contributed by atoms with van der Waals surface area (Å²) in [4.78, 5) is 38.8. The van der Waals surface area contributed by atoms with E-state index in [-0.39, 0.29) is 19.1 Å². The van der Waals surface area contributed by atoms with E-state index in [0.717, 1.165) is 5.56 Å². The highest BCUT2D eigenvalue weighted by Gasteiger charge is 2.46. The third-order valence-corrected chi connectivity index (χ3v) is 3.85. The highest BCUT2D eigenvalue weighted by Crippen LogP contribution is 2.35. The van der Waals surface area contributed by atoms with Crippen LogP contribution in [0.15, 0.2) is 24.3 Å². The van der Waals surface area contributed by atoms with Crippen LogP contribution < -0.4 is 0 Å². The van der Waals surface area contributed by atoms with E-state index in [4.69, 9.17) is 9.47 Å². The zero-order chi connectivity index (χ0) is 17.0. The lowest BCUT2D eigenvalue weighted by Gasteiger charge is -2.34. The Balaban J connectivity index is 2.49. The largest absolute Gasteiger partial charge is 0.465 e. The average molecular weight is 319 g/mol. The molecule has 6 nitrogen and oxygen atoms in total. The van der Waals surface area contributed by atoms with Gasteiger partial charge < -0.3 is 14.4 Å². The van der Waals surface area contributed by atoms with Gasteiger partial charge in [-0.3, -0.25) is 14.4 Å². The van der Waals surface area contributed by atoms with Gasteiger partial charge in [-0.25, -0.2) is 0 Å². The highest BCUT2D eigenvalue weighted by atomic mass is 16.6. The summed E-state index contributed by atoms with van der Waals surface area (Å²) >= 11 is 0. The number of carbonyl (C=O) groups excluding carboxylic acids is 3. The second-order valence-corrected chi connectivity index (χ2v) is 5.35. The fourth-order valence-electron chi connectivity index (χ4n) is 2.84. The molecule has 6 heteroatoms. The summed E-state index contributed by atoms with van der Waals surface area (Å²) in [5, 5.41) is 0. The number of benzene rings is 1. The van der Waals surface area contributed by atoms with E-state index in [2.05, 4.69) is 0 Å². The van der Waals surface area contributed by atoms with Crippen LogP contribution in [0.3, 0.4) is 0 Å². The Kier molecular flexibility index (Phi) is 5.36. The number of likely N-dealkylation sites (N-methyl/N-ethyl adjacent to an activating group) is 1. The standard InChI is InChI=1S/C17H21NO5/c1-4-22-16(20)14(17(21)23-5-2)13-12-9-7-6-8-11(12)10-18(3)15(13)19/h6-9,13-14H,4-5,10H2,1-3H3. The van der Waals surface area contributed by atoms with Gasteiger partial charge >= 0.3 is 11.9 Å². The number of hydrogen-bond acceptors (Lipinski definition) is 5. The quantitative estimate of drug-likeness (QED) is 0.607. The summed E-state index contributed by atoms with van der Waals surface area (Å²) in [6, 6.07) is 7.32. The number of amides is 1. The van der Waals surface area contributed by atoms with Crippen molar-refractivity contribution in [2.45, 2.75) is 26.3 Å². The van der Waals surface area contributed by atoms with Crippen molar-refractivity contribution in [2.75, 3.05) is 20.3 Å². The third-order valence-electron chi connectivity index (χ3n) is 3.85. The third kappa shape index (κ3) is 3.36. The molecule has 0 spiro atoms. The molecule has 0 saturated heterocycles.